The lowest BCUT2D eigenvalue weighted by atomic mass is 10.1. The van der Waals surface area contributed by atoms with Gasteiger partial charge < -0.3 is 21.7 Å². The number of hydrogen-bond donors (Lipinski definition) is 0. The second kappa shape index (κ2) is 13.5. The van der Waals surface area contributed by atoms with Gasteiger partial charge in [-0.05, 0) is 78.4 Å². The smallest absolute Gasteiger partial charge is 0.416 e. The third-order valence-corrected chi connectivity index (χ3v) is 11.4. The molecular formula is C34H25BrF7OP. The van der Waals surface area contributed by atoms with E-state index in [4.69, 9.17) is 4.74 Å². The molecule has 0 fully saturated rings. The Bertz CT molecular complexity index is 1550. The van der Waals surface area contributed by atoms with Crippen molar-refractivity contribution in [3.63, 3.8) is 0 Å². The highest BCUT2D eigenvalue weighted by Gasteiger charge is 2.46. The minimum atomic E-state index is -4.98. The van der Waals surface area contributed by atoms with Gasteiger partial charge in [-0.3, -0.25) is 0 Å². The fraction of sp³-hybridized carbons (Fsp3) is 0.118. The van der Waals surface area contributed by atoms with E-state index in [0.29, 0.717) is 17.7 Å². The van der Waals surface area contributed by atoms with Crippen molar-refractivity contribution in [2.75, 3.05) is 0 Å². The van der Waals surface area contributed by atoms with Crippen LogP contribution in [0.15, 0.2) is 127 Å². The van der Waals surface area contributed by atoms with Crippen LogP contribution in [0.25, 0.3) is 0 Å². The Morgan fingerprint density at radius 1 is 0.545 bits per heavy atom. The topological polar surface area (TPSA) is 9.23 Å². The van der Waals surface area contributed by atoms with E-state index < -0.39 is 43.2 Å². The van der Waals surface area contributed by atoms with Crippen molar-refractivity contribution in [3.8, 4) is 5.75 Å². The van der Waals surface area contributed by atoms with E-state index in [1.165, 1.54) is 12.1 Å². The predicted octanol–water partition coefficient (Wildman–Crippen LogP) is 5.94. The summed E-state index contributed by atoms with van der Waals surface area (Å²) in [6.45, 7) is -0.584. The Morgan fingerprint density at radius 2 is 0.977 bits per heavy atom. The molecule has 0 aliphatic rings. The molecule has 0 saturated carbocycles. The summed E-state index contributed by atoms with van der Waals surface area (Å²) in [6.07, 6.45) is -9.68. The first-order valence-electron chi connectivity index (χ1n) is 13.2. The van der Waals surface area contributed by atoms with Crippen LogP contribution in [0.1, 0.15) is 22.3 Å². The second-order valence-electron chi connectivity index (χ2n) is 9.93. The largest absolute Gasteiger partial charge is 1.00 e. The minimum Gasteiger partial charge on any atom is -1.00 e. The molecule has 5 aromatic carbocycles. The average molecular weight is 693 g/mol. The summed E-state index contributed by atoms with van der Waals surface area (Å²) in [7, 11) is -2.52. The van der Waals surface area contributed by atoms with E-state index in [1.54, 1.807) is 0 Å². The van der Waals surface area contributed by atoms with Crippen LogP contribution in [-0.4, -0.2) is 0 Å². The van der Waals surface area contributed by atoms with Crippen LogP contribution >= 0.6 is 7.26 Å². The van der Waals surface area contributed by atoms with Gasteiger partial charge in [0.05, 0.1) is 11.1 Å². The number of rotatable bonds is 8. The third kappa shape index (κ3) is 7.33. The van der Waals surface area contributed by atoms with Crippen molar-refractivity contribution < 1.29 is 52.5 Å². The molecular weight excluding hydrogens is 668 g/mol. The van der Waals surface area contributed by atoms with Gasteiger partial charge in [0.15, 0.2) is 0 Å². The standard InChI is InChI=1S/C34H25F7OP.BrH/c35-28-16-17-32(42-22-24-18-26(33(36,37)38)21-27(19-24)34(39,40)41)25(20-28)23-43(29-10-4-1-5-11-29,30-12-6-2-7-13-30)31-14-8-3-9-15-31;/h1-21H,22-23H2;1H/q+1;/p-1. The maximum absolute atomic E-state index is 14.8. The van der Waals surface area contributed by atoms with E-state index in [9.17, 15) is 30.7 Å². The number of hydrogen-bond acceptors (Lipinski definition) is 1. The zero-order valence-electron chi connectivity index (χ0n) is 22.9. The first kappa shape index (κ1) is 33.2. The van der Waals surface area contributed by atoms with Gasteiger partial charge in [0.1, 0.15) is 47.5 Å². The van der Waals surface area contributed by atoms with Crippen LogP contribution in [0.4, 0.5) is 30.7 Å². The molecule has 5 rings (SSSR count). The molecule has 44 heavy (non-hydrogen) atoms. The highest BCUT2D eigenvalue weighted by Crippen LogP contribution is 2.59. The molecule has 0 unspecified atom stereocenters. The summed E-state index contributed by atoms with van der Waals surface area (Å²) in [4.78, 5) is 0. The highest BCUT2D eigenvalue weighted by atomic mass is 79.9. The summed E-state index contributed by atoms with van der Waals surface area (Å²) in [5.74, 6) is -0.382. The number of benzene rings is 5. The van der Waals surface area contributed by atoms with Crippen molar-refractivity contribution in [2.24, 2.45) is 0 Å². The monoisotopic (exact) mass is 692 g/mol. The average Bonchev–Trinajstić information content (AvgIpc) is 3.00. The zero-order chi connectivity index (χ0) is 30.7. The second-order valence-corrected chi connectivity index (χ2v) is 13.4. The van der Waals surface area contributed by atoms with Crippen molar-refractivity contribution in [3.05, 3.63) is 155 Å². The van der Waals surface area contributed by atoms with Gasteiger partial charge in [-0.1, -0.05) is 54.6 Å². The molecule has 10 heteroatoms. The summed E-state index contributed by atoms with van der Waals surface area (Å²) in [6, 6.07) is 34.4. The van der Waals surface area contributed by atoms with Crippen LogP contribution in [0.2, 0.25) is 0 Å². The van der Waals surface area contributed by atoms with Gasteiger partial charge in [0, 0.05) is 5.56 Å². The Labute approximate surface area is 261 Å². The van der Waals surface area contributed by atoms with Crippen LogP contribution in [0.5, 0.6) is 5.75 Å². The molecule has 0 saturated heterocycles. The van der Waals surface area contributed by atoms with Crippen molar-refractivity contribution in [2.45, 2.75) is 25.1 Å². The van der Waals surface area contributed by atoms with Crippen molar-refractivity contribution in [1.82, 2.24) is 0 Å². The maximum atomic E-state index is 14.8. The third-order valence-electron chi connectivity index (χ3n) is 7.06. The zero-order valence-corrected chi connectivity index (χ0v) is 25.4. The normalized spacial score (nSPS) is 12.0. The van der Waals surface area contributed by atoms with Crippen LogP contribution in [0, 0.1) is 5.82 Å². The van der Waals surface area contributed by atoms with Crippen LogP contribution in [-0.2, 0) is 25.1 Å². The molecule has 0 aromatic heterocycles. The van der Waals surface area contributed by atoms with E-state index in [0.717, 1.165) is 22.0 Å². The minimum absolute atomic E-state index is 0. The molecule has 1 nitrogen and oxygen atoms in total. The van der Waals surface area contributed by atoms with Crippen molar-refractivity contribution in [1.29, 1.82) is 0 Å². The van der Waals surface area contributed by atoms with Gasteiger partial charge in [-0.15, -0.1) is 0 Å². The van der Waals surface area contributed by atoms with Gasteiger partial charge >= 0.3 is 12.4 Å². The fourth-order valence-corrected chi connectivity index (χ4v) is 9.34. The SMILES string of the molecule is Fc1ccc(OCc2cc(C(F)(F)F)cc(C(F)(F)F)c2)c(C[P+](c2ccccc2)(c2ccccc2)c2ccccc2)c1.[Br-]. The Balaban J connectivity index is 0.00000442. The van der Waals surface area contributed by atoms with Crippen molar-refractivity contribution >= 4 is 23.2 Å². The molecule has 0 heterocycles. The van der Waals surface area contributed by atoms with Crippen LogP contribution < -0.4 is 37.6 Å². The summed E-state index contributed by atoms with van der Waals surface area (Å²) >= 11 is 0. The van der Waals surface area contributed by atoms with Gasteiger partial charge in [-0.25, -0.2) is 4.39 Å². The highest BCUT2D eigenvalue weighted by molar-refractivity contribution is 7.95. The quantitative estimate of drug-likeness (QED) is 0.145. The maximum Gasteiger partial charge on any atom is 0.416 e. The number of ether oxygens (including phenoxy) is 1. The first-order chi connectivity index (χ1) is 20.5. The Hall–Kier alpha value is -3.68. The molecule has 0 amide bonds. The lowest BCUT2D eigenvalue weighted by molar-refractivity contribution is -0.143. The summed E-state index contributed by atoms with van der Waals surface area (Å²) in [5, 5.41) is 3.03. The molecule has 0 radical (unpaired) electrons. The van der Waals surface area contributed by atoms with E-state index in [1.807, 2.05) is 91.0 Å². The molecule has 0 atom stereocenters. The number of alkyl halides is 6. The lowest BCUT2D eigenvalue weighted by Gasteiger charge is -2.28. The van der Waals surface area contributed by atoms with Gasteiger partial charge in [0.2, 0.25) is 0 Å². The lowest BCUT2D eigenvalue weighted by Crippen LogP contribution is -3.00. The van der Waals surface area contributed by atoms with E-state index in [2.05, 4.69) is 0 Å². The van der Waals surface area contributed by atoms with E-state index in [-0.39, 0.29) is 40.5 Å². The molecule has 228 valence electrons. The Kier molecular flexibility index (Phi) is 10.2. The molecule has 0 bridgehead atoms. The van der Waals surface area contributed by atoms with Gasteiger partial charge in [-0.2, -0.15) is 26.3 Å². The fourth-order valence-electron chi connectivity index (χ4n) is 5.10. The number of halogens is 8. The molecule has 0 spiro atoms. The molecule has 0 N–H and O–H groups in total. The van der Waals surface area contributed by atoms with Gasteiger partial charge in [0.25, 0.3) is 0 Å². The summed E-state index contributed by atoms with van der Waals surface area (Å²) in [5.41, 5.74) is -2.73. The predicted molar refractivity (Wildman–Crippen MR) is 156 cm³/mol. The van der Waals surface area contributed by atoms with E-state index >= 15 is 0 Å². The molecule has 0 aliphatic carbocycles. The van der Waals surface area contributed by atoms with Crippen LogP contribution in [0.3, 0.4) is 0 Å². The molecule has 5 aromatic rings. The molecule has 0 aliphatic heterocycles. The summed E-state index contributed by atoms with van der Waals surface area (Å²) < 4.78 is 101. The first-order valence-corrected chi connectivity index (χ1v) is 15.2. The Morgan fingerprint density at radius 3 is 1.39 bits per heavy atom.